The lowest BCUT2D eigenvalue weighted by molar-refractivity contribution is 0.0591. The number of rotatable bonds is 5. The first-order chi connectivity index (χ1) is 16.7. The van der Waals surface area contributed by atoms with Gasteiger partial charge < -0.3 is 14.6 Å². The lowest BCUT2D eigenvalue weighted by atomic mass is 9.99. The van der Waals surface area contributed by atoms with Gasteiger partial charge in [-0.3, -0.25) is 5.32 Å². The van der Waals surface area contributed by atoms with Crippen LogP contribution in [0, 0.1) is 0 Å². The molecule has 9 heteroatoms. The summed E-state index contributed by atoms with van der Waals surface area (Å²) in [5.74, 6) is -0.597. The third-order valence-electron chi connectivity index (χ3n) is 5.08. The molecular formula is C26H26N4O5. The second kappa shape index (κ2) is 9.55. The van der Waals surface area contributed by atoms with Crippen molar-refractivity contribution in [1.29, 1.82) is 0 Å². The van der Waals surface area contributed by atoms with Gasteiger partial charge in [0.2, 0.25) is 0 Å². The molecule has 0 saturated heterocycles. The molecule has 0 fully saturated rings. The summed E-state index contributed by atoms with van der Waals surface area (Å²) in [7, 11) is 1.27. The maximum Gasteiger partial charge on any atom is 0.412 e. The third-order valence-corrected chi connectivity index (χ3v) is 5.08. The van der Waals surface area contributed by atoms with Crippen LogP contribution in [0.3, 0.4) is 0 Å². The Morgan fingerprint density at radius 2 is 1.77 bits per heavy atom. The van der Waals surface area contributed by atoms with Crippen molar-refractivity contribution in [3.05, 3.63) is 83.8 Å². The second-order valence-electron chi connectivity index (χ2n) is 8.84. The molecule has 2 N–H and O–H groups in total. The van der Waals surface area contributed by atoms with E-state index >= 15 is 0 Å². The van der Waals surface area contributed by atoms with E-state index in [0.717, 1.165) is 5.56 Å². The zero-order valence-corrected chi connectivity index (χ0v) is 19.9. The summed E-state index contributed by atoms with van der Waals surface area (Å²) in [6.07, 6.45) is -0.131. The summed E-state index contributed by atoms with van der Waals surface area (Å²) in [6.45, 7) is 5.35. The van der Waals surface area contributed by atoms with Gasteiger partial charge in [0.1, 0.15) is 17.4 Å². The molecule has 1 unspecified atom stereocenters. The van der Waals surface area contributed by atoms with Crippen molar-refractivity contribution in [3.8, 4) is 11.3 Å². The molecule has 180 valence electrons. The number of carbonyl (C=O) groups is 2. The van der Waals surface area contributed by atoms with Gasteiger partial charge in [-0.15, -0.1) is 0 Å². The Balaban J connectivity index is 1.79. The minimum atomic E-state index is -1.18. The highest BCUT2D eigenvalue weighted by Gasteiger charge is 2.25. The number of benzene rings is 1. The summed E-state index contributed by atoms with van der Waals surface area (Å²) < 4.78 is 11.7. The number of methoxy groups -OCH3 is 1. The third kappa shape index (κ3) is 5.30. The number of anilines is 1. The number of aliphatic hydroxyl groups excluding tert-OH is 1. The molecule has 4 rings (SSSR count). The Morgan fingerprint density at radius 3 is 2.46 bits per heavy atom. The molecule has 0 aliphatic carbocycles. The Bertz CT molecular complexity index is 1380. The number of nitrogens with zero attached hydrogens (tertiary/aromatic N) is 3. The molecular weight excluding hydrogens is 448 g/mol. The average Bonchev–Trinajstić information content (AvgIpc) is 3.21. The van der Waals surface area contributed by atoms with Crippen molar-refractivity contribution >= 4 is 23.3 Å². The standard InChI is InChI=1S/C26H26N4O5/c1-26(2,3)35-25(33)27-17-13-14-20-21(22(29-30(20)15-17)16-9-6-5-7-10-16)23(31)18-11-8-12-19(28-18)24(32)34-4/h5-15,23,31H,1-4H3,(H,27,33). The van der Waals surface area contributed by atoms with Gasteiger partial charge in [0.05, 0.1) is 35.9 Å². The number of aromatic nitrogens is 3. The monoisotopic (exact) mass is 474 g/mol. The minimum Gasteiger partial charge on any atom is -0.464 e. The molecule has 0 aliphatic heterocycles. The Morgan fingerprint density at radius 1 is 1.03 bits per heavy atom. The zero-order chi connectivity index (χ0) is 25.2. The lowest BCUT2D eigenvalue weighted by Gasteiger charge is -2.19. The van der Waals surface area contributed by atoms with E-state index in [1.165, 1.54) is 13.2 Å². The van der Waals surface area contributed by atoms with E-state index in [4.69, 9.17) is 14.6 Å². The highest BCUT2D eigenvalue weighted by atomic mass is 16.6. The number of nitrogens with one attached hydrogen (secondary N) is 1. The zero-order valence-electron chi connectivity index (χ0n) is 19.9. The predicted octanol–water partition coefficient (Wildman–Crippen LogP) is 4.61. The quantitative estimate of drug-likeness (QED) is 0.406. The molecule has 0 saturated carbocycles. The summed E-state index contributed by atoms with van der Waals surface area (Å²) in [5, 5.41) is 18.8. The van der Waals surface area contributed by atoms with Crippen LogP contribution < -0.4 is 5.32 Å². The number of aliphatic hydroxyl groups is 1. The van der Waals surface area contributed by atoms with Gasteiger partial charge in [-0.25, -0.2) is 19.1 Å². The molecule has 4 aromatic rings. The van der Waals surface area contributed by atoms with Crippen LogP contribution in [0.2, 0.25) is 0 Å². The second-order valence-corrected chi connectivity index (χ2v) is 8.84. The Kier molecular flexibility index (Phi) is 6.52. The Labute approximate surface area is 202 Å². The van der Waals surface area contributed by atoms with Gasteiger partial charge in [-0.2, -0.15) is 5.10 Å². The number of hydrogen-bond donors (Lipinski definition) is 2. The first-order valence-electron chi connectivity index (χ1n) is 11.0. The van der Waals surface area contributed by atoms with Gasteiger partial charge in [0, 0.05) is 11.1 Å². The van der Waals surface area contributed by atoms with Gasteiger partial charge in [0.15, 0.2) is 0 Å². The lowest BCUT2D eigenvalue weighted by Crippen LogP contribution is -2.27. The summed E-state index contributed by atoms with van der Waals surface area (Å²) in [6, 6.07) is 17.6. The molecule has 1 atom stereocenters. The SMILES string of the molecule is COC(=O)c1cccc(C(O)c2c(-c3ccccc3)nn3cc(NC(=O)OC(C)(C)C)ccc23)n1. The smallest absolute Gasteiger partial charge is 0.412 e. The highest BCUT2D eigenvalue weighted by molar-refractivity contribution is 5.87. The fraction of sp³-hybridized carbons (Fsp3) is 0.231. The van der Waals surface area contributed by atoms with Crippen molar-refractivity contribution < 1.29 is 24.2 Å². The highest BCUT2D eigenvalue weighted by Crippen LogP contribution is 2.34. The van der Waals surface area contributed by atoms with E-state index in [9.17, 15) is 14.7 Å². The van der Waals surface area contributed by atoms with Crippen LogP contribution in [-0.4, -0.2) is 44.5 Å². The van der Waals surface area contributed by atoms with Crippen LogP contribution >= 0.6 is 0 Å². The molecule has 0 radical (unpaired) electrons. The van der Waals surface area contributed by atoms with E-state index in [-0.39, 0.29) is 11.4 Å². The number of amides is 1. The largest absolute Gasteiger partial charge is 0.464 e. The summed E-state index contributed by atoms with van der Waals surface area (Å²) in [5.41, 5.74) is 2.64. The number of ether oxygens (including phenoxy) is 2. The van der Waals surface area contributed by atoms with Gasteiger partial charge in [-0.1, -0.05) is 36.4 Å². The fourth-order valence-corrected chi connectivity index (χ4v) is 3.61. The average molecular weight is 475 g/mol. The maximum absolute atomic E-state index is 12.2. The summed E-state index contributed by atoms with van der Waals surface area (Å²) in [4.78, 5) is 28.5. The maximum atomic E-state index is 12.2. The van der Waals surface area contributed by atoms with E-state index in [1.807, 2.05) is 30.3 Å². The van der Waals surface area contributed by atoms with Gasteiger partial charge >= 0.3 is 12.1 Å². The van der Waals surface area contributed by atoms with E-state index in [1.54, 1.807) is 55.7 Å². The van der Waals surface area contributed by atoms with Crippen LogP contribution in [0.25, 0.3) is 16.8 Å². The topological polar surface area (TPSA) is 115 Å². The first-order valence-corrected chi connectivity index (χ1v) is 11.0. The van der Waals surface area contributed by atoms with Crippen molar-refractivity contribution in [2.75, 3.05) is 12.4 Å². The molecule has 1 amide bonds. The predicted molar refractivity (Wildman–Crippen MR) is 130 cm³/mol. The summed E-state index contributed by atoms with van der Waals surface area (Å²) >= 11 is 0. The van der Waals surface area contributed by atoms with Crippen LogP contribution in [0.1, 0.15) is 48.6 Å². The van der Waals surface area contributed by atoms with Crippen molar-refractivity contribution in [2.24, 2.45) is 0 Å². The van der Waals surface area contributed by atoms with Crippen LogP contribution in [0.4, 0.5) is 10.5 Å². The van der Waals surface area contributed by atoms with E-state index < -0.39 is 23.8 Å². The normalized spacial score (nSPS) is 12.3. The number of hydrogen-bond acceptors (Lipinski definition) is 7. The molecule has 0 bridgehead atoms. The van der Waals surface area contributed by atoms with Gasteiger partial charge in [-0.05, 0) is 45.0 Å². The molecule has 35 heavy (non-hydrogen) atoms. The van der Waals surface area contributed by atoms with Crippen molar-refractivity contribution in [3.63, 3.8) is 0 Å². The van der Waals surface area contributed by atoms with E-state index in [2.05, 4.69) is 10.3 Å². The molecule has 0 spiro atoms. The number of pyridine rings is 2. The first kappa shape index (κ1) is 23.9. The van der Waals surface area contributed by atoms with Crippen LogP contribution in [-0.2, 0) is 9.47 Å². The van der Waals surface area contributed by atoms with Crippen LogP contribution in [0.5, 0.6) is 0 Å². The van der Waals surface area contributed by atoms with Gasteiger partial charge in [0.25, 0.3) is 0 Å². The fourth-order valence-electron chi connectivity index (χ4n) is 3.61. The number of esters is 1. The molecule has 3 aromatic heterocycles. The molecule has 9 nitrogen and oxygen atoms in total. The molecule has 1 aromatic carbocycles. The van der Waals surface area contributed by atoms with E-state index in [0.29, 0.717) is 22.5 Å². The number of fused-ring (bicyclic) bond motifs is 1. The Hall–Kier alpha value is -4.24. The number of carbonyl (C=O) groups excluding carboxylic acids is 2. The van der Waals surface area contributed by atoms with Crippen molar-refractivity contribution in [2.45, 2.75) is 32.5 Å². The van der Waals surface area contributed by atoms with Crippen molar-refractivity contribution in [1.82, 2.24) is 14.6 Å². The molecule has 0 aliphatic rings. The minimum absolute atomic E-state index is 0.0885. The molecule has 3 heterocycles. The van der Waals surface area contributed by atoms with Crippen LogP contribution in [0.15, 0.2) is 66.9 Å².